The van der Waals surface area contributed by atoms with Crippen LogP contribution in [0, 0.1) is 0 Å². The van der Waals surface area contributed by atoms with Crippen molar-refractivity contribution in [2.45, 2.75) is 0 Å². The van der Waals surface area contributed by atoms with Gasteiger partial charge in [-0.2, -0.15) is 0 Å². The van der Waals surface area contributed by atoms with Crippen molar-refractivity contribution >= 4 is 42.9 Å². The second kappa shape index (κ2) is 4.55. The highest BCUT2D eigenvalue weighted by molar-refractivity contribution is 9.11. The zero-order chi connectivity index (χ0) is 11.7. The Hall–Kier alpha value is -0.880. The average molecular weight is 348 g/mol. The van der Waals surface area contributed by atoms with Gasteiger partial charge in [-0.15, -0.1) is 0 Å². The van der Waals surface area contributed by atoms with Crippen molar-refractivity contribution in [3.8, 4) is 11.8 Å². The number of ether oxygens (including phenoxy) is 2. The van der Waals surface area contributed by atoms with Gasteiger partial charge < -0.3 is 9.47 Å². The van der Waals surface area contributed by atoms with Gasteiger partial charge in [0, 0.05) is 0 Å². The molecule has 0 N–H and O–H groups in total. The normalized spacial score (nSPS) is 10.5. The van der Waals surface area contributed by atoms with Gasteiger partial charge in [0.2, 0.25) is 11.8 Å². The molecule has 0 bridgehead atoms. The van der Waals surface area contributed by atoms with Gasteiger partial charge in [-0.3, -0.25) is 0 Å². The first-order valence-electron chi connectivity index (χ1n) is 4.40. The first kappa shape index (κ1) is 11.6. The summed E-state index contributed by atoms with van der Waals surface area (Å²) >= 11 is 6.73. The Bertz CT molecular complexity index is 497. The van der Waals surface area contributed by atoms with Crippen LogP contribution >= 0.6 is 31.9 Å². The molecule has 0 amide bonds. The highest BCUT2D eigenvalue weighted by Gasteiger charge is 2.09. The van der Waals surface area contributed by atoms with E-state index in [4.69, 9.17) is 9.47 Å². The maximum atomic E-state index is 5.12. The van der Waals surface area contributed by atoms with Crippen LogP contribution in [0.1, 0.15) is 0 Å². The molecule has 0 saturated heterocycles. The third kappa shape index (κ3) is 1.99. The molecule has 2 heterocycles. The molecule has 84 valence electrons. The van der Waals surface area contributed by atoms with Gasteiger partial charge in [-0.05, 0) is 44.0 Å². The molecule has 0 atom stereocenters. The van der Waals surface area contributed by atoms with E-state index in [0.717, 1.165) is 20.0 Å². The van der Waals surface area contributed by atoms with Crippen LogP contribution in [-0.4, -0.2) is 24.2 Å². The van der Waals surface area contributed by atoms with E-state index in [2.05, 4.69) is 41.8 Å². The lowest BCUT2D eigenvalue weighted by molar-refractivity contribution is 0.394. The summed E-state index contributed by atoms with van der Waals surface area (Å²) in [5, 5.41) is 0. The summed E-state index contributed by atoms with van der Waals surface area (Å²) in [6.07, 6.45) is 0. The molecule has 0 saturated carbocycles. The number of halogens is 2. The quantitative estimate of drug-likeness (QED) is 0.837. The predicted octanol–water partition coefficient (Wildman–Crippen LogP) is 3.17. The van der Waals surface area contributed by atoms with Crippen molar-refractivity contribution in [2.24, 2.45) is 0 Å². The minimum Gasteiger partial charge on any atom is -0.480 e. The number of aromatic nitrogens is 2. The van der Waals surface area contributed by atoms with E-state index in [1.54, 1.807) is 14.2 Å². The van der Waals surface area contributed by atoms with Crippen LogP contribution in [0.25, 0.3) is 11.0 Å². The summed E-state index contributed by atoms with van der Waals surface area (Å²) in [6, 6.07) is 3.69. The molecule has 16 heavy (non-hydrogen) atoms. The van der Waals surface area contributed by atoms with Gasteiger partial charge in [0.25, 0.3) is 0 Å². The van der Waals surface area contributed by atoms with E-state index < -0.39 is 0 Å². The third-order valence-corrected chi connectivity index (χ3v) is 3.16. The highest BCUT2D eigenvalue weighted by atomic mass is 79.9. The molecule has 0 fully saturated rings. The number of nitrogens with zero attached hydrogens (tertiary/aromatic N) is 2. The van der Waals surface area contributed by atoms with Crippen LogP contribution in [-0.2, 0) is 0 Å². The molecule has 0 aliphatic rings. The maximum absolute atomic E-state index is 5.12. The van der Waals surface area contributed by atoms with Crippen LogP contribution < -0.4 is 9.47 Å². The first-order chi connectivity index (χ1) is 7.65. The van der Waals surface area contributed by atoms with Crippen LogP contribution in [0.2, 0.25) is 0 Å². The van der Waals surface area contributed by atoms with Gasteiger partial charge in [0.1, 0.15) is 0 Å². The fourth-order valence-electron chi connectivity index (χ4n) is 1.30. The molecule has 0 radical (unpaired) electrons. The van der Waals surface area contributed by atoms with E-state index >= 15 is 0 Å². The fraction of sp³-hybridized carbons (Fsp3) is 0.200. The van der Waals surface area contributed by atoms with E-state index in [9.17, 15) is 0 Å². The number of hydrogen-bond donors (Lipinski definition) is 0. The van der Waals surface area contributed by atoms with E-state index in [1.165, 1.54) is 0 Å². The number of methoxy groups -OCH3 is 2. The van der Waals surface area contributed by atoms with Gasteiger partial charge in [0.05, 0.1) is 34.2 Å². The first-order valence-corrected chi connectivity index (χ1v) is 5.99. The standard InChI is InChI=1S/C10H8Br2N2O2/c1-15-9-5(11)3-8-7(13-9)4-6(12)10(14-8)16-2/h3-4H,1-2H3. The zero-order valence-corrected chi connectivity index (χ0v) is 11.8. The molecule has 0 aliphatic heterocycles. The SMILES string of the molecule is COc1nc2cc(Br)c(OC)nc2cc1Br. The lowest BCUT2D eigenvalue weighted by Gasteiger charge is -2.06. The van der Waals surface area contributed by atoms with Gasteiger partial charge in [-0.1, -0.05) is 0 Å². The smallest absolute Gasteiger partial charge is 0.228 e. The molecule has 0 unspecified atom stereocenters. The Kier molecular flexibility index (Phi) is 3.30. The Morgan fingerprint density at radius 3 is 1.56 bits per heavy atom. The predicted molar refractivity (Wildman–Crippen MR) is 68.0 cm³/mol. The van der Waals surface area contributed by atoms with Crippen LogP contribution in [0.5, 0.6) is 11.8 Å². The van der Waals surface area contributed by atoms with Gasteiger partial charge in [0.15, 0.2) is 0 Å². The molecule has 2 aromatic rings. The minimum absolute atomic E-state index is 0.534. The lowest BCUT2D eigenvalue weighted by atomic mass is 10.3. The summed E-state index contributed by atoms with van der Waals surface area (Å²) in [4.78, 5) is 8.62. The Balaban J connectivity index is 2.71. The van der Waals surface area contributed by atoms with E-state index in [-0.39, 0.29) is 0 Å². The number of rotatable bonds is 2. The summed E-state index contributed by atoms with van der Waals surface area (Å²) < 4.78 is 11.8. The number of hydrogen-bond acceptors (Lipinski definition) is 4. The van der Waals surface area contributed by atoms with Crippen molar-refractivity contribution in [1.82, 2.24) is 9.97 Å². The molecule has 0 aliphatic carbocycles. The van der Waals surface area contributed by atoms with E-state index in [0.29, 0.717) is 11.8 Å². The number of pyridine rings is 2. The summed E-state index contributed by atoms with van der Waals surface area (Å²) in [5.74, 6) is 1.07. The molecule has 2 aromatic heterocycles. The Morgan fingerprint density at radius 2 is 1.25 bits per heavy atom. The molecular weight excluding hydrogens is 340 g/mol. The Morgan fingerprint density at radius 1 is 0.875 bits per heavy atom. The van der Waals surface area contributed by atoms with Crippen molar-refractivity contribution in [3.63, 3.8) is 0 Å². The molecular formula is C10H8Br2N2O2. The minimum atomic E-state index is 0.534. The third-order valence-electron chi connectivity index (χ3n) is 2.03. The monoisotopic (exact) mass is 346 g/mol. The molecule has 0 spiro atoms. The van der Waals surface area contributed by atoms with Crippen molar-refractivity contribution in [2.75, 3.05) is 14.2 Å². The molecule has 4 nitrogen and oxygen atoms in total. The van der Waals surface area contributed by atoms with Gasteiger partial charge >= 0.3 is 0 Å². The van der Waals surface area contributed by atoms with Gasteiger partial charge in [-0.25, -0.2) is 9.97 Å². The van der Waals surface area contributed by atoms with Crippen LogP contribution in [0.4, 0.5) is 0 Å². The van der Waals surface area contributed by atoms with E-state index in [1.807, 2.05) is 12.1 Å². The lowest BCUT2D eigenvalue weighted by Crippen LogP contribution is -1.94. The average Bonchev–Trinajstić information content (AvgIpc) is 2.28. The fourth-order valence-corrected chi connectivity index (χ4v) is 2.24. The van der Waals surface area contributed by atoms with Crippen molar-refractivity contribution in [1.29, 1.82) is 0 Å². The molecule has 6 heteroatoms. The Labute approximate surface area is 109 Å². The summed E-state index contributed by atoms with van der Waals surface area (Å²) in [5.41, 5.74) is 1.49. The van der Waals surface area contributed by atoms with Crippen LogP contribution in [0.3, 0.4) is 0 Å². The van der Waals surface area contributed by atoms with Crippen molar-refractivity contribution < 1.29 is 9.47 Å². The summed E-state index contributed by atoms with van der Waals surface area (Å²) in [7, 11) is 3.15. The zero-order valence-electron chi connectivity index (χ0n) is 8.62. The molecule has 2 rings (SSSR count). The second-order valence-corrected chi connectivity index (χ2v) is 4.71. The van der Waals surface area contributed by atoms with Crippen molar-refractivity contribution in [3.05, 3.63) is 21.1 Å². The number of fused-ring (bicyclic) bond motifs is 1. The maximum Gasteiger partial charge on any atom is 0.228 e. The summed E-state index contributed by atoms with van der Waals surface area (Å²) in [6.45, 7) is 0. The topological polar surface area (TPSA) is 44.2 Å². The second-order valence-electron chi connectivity index (χ2n) is 3.00. The molecule has 0 aromatic carbocycles. The largest absolute Gasteiger partial charge is 0.480 e. The highest BCUT2D eigenvalue weighted by Crippen LogP contribution is 2.30. The van der Waals surface area contributed by atoms with Crippen LogP contribution in [0.15, 0.2) is 21.1 Å².